The Morgan fingerprint density at radius 1 is 1.42 bits per heavy atom. The van der Waals surface area contributed by atoms with E-state index in [9.17, 15) is 0 Å². The third kappa shape index (κ3) is 3.55. The van der Waals surface area contributed by atoms with Crippen molar-refractivity contribution in [1.29, 1.82) is 0 Å². The van der Waals surface area contributed by atoms with Crippen LogP contribution in [0.15, 0.2) is 0 Å². The van der Waals surface area contributed by atoms with E-state index in [1.54, 1.807) is 0 Å². The molecule has 74 valence electrons. The van der Waals surface area contributed by atoms with Gasteiger partial charge in [-0.1, -0.05) is 27.2 Å². The molecule has 0 aromatic heterocycles. The second-order valence-electron chi connectivity index (χ2n) is 3.12. The van der Waals surface area contributed by atoms with Crippen molar-refractivity contribution >= 4 is 0 Å². The van der Waals surface area contributed by atoms with Crippen LogP contribution >= 0.6 is 0 Å². The maximum absolute atomic E-state index is 5.57. The molecular weight excluding hydrogens is 152 g/mol. The average molecular weight is 174 g/mol. The average Bonchev–Trinajstić information content (AvgIpc) is 2.36. The van der Waals surface area contributed by atoms with Crippen molar-refractivity contribution in [2.24, 2.45) is 0 Å². The van der Waals surface area contributed by atoms with Gasteiger partial charge >= 0.3 is 0 Å². The summed E-state index contributed by atoms with van der Waals surface area (Å²) in [5, 5.41) is 0. The smallest absolute Gasteiger partial charge is 0.166 e. The standard InChI is InChI=1S/C8H16O2.C2H6/c1-4-5-8(3)9-6-7(2)10-8;1-2/h7H,4-6H2,1-3H3;1-2H3. The third-order valence-corrected chi connectivity index (χ3v) is 1.78. The summed E-state index contributed by atoms with van der Waals surface area (Å²) < 4.78 is 11.0. The molecule has 1 aliphatic heterocycles. The summed E-state index contributed by atoms with van der Waals surface area (Å²) in [6.45, 7) is 10.9. The molecule has 0 aliphatic carbocycles. The van der Waals surface area contributed by atoms with Crippen molar-refractivity contribution in [2.75, 3.05) is 6.61 Å². The molecule has 2 heteroatoms. The molecule has 1 aliphatic rings. The Labute approximate surface area is 76.3 Å². The predicted molar refractivity (Wildman–Crippen MR) is 51.2 cm³/mol. The first-order chi connectivity index (χ1) is 5.66. The van der Waals surface area contributed by atoms with Gasteiger partial charge in [-0.15, -0.1) is 0 Å². The normalized spacial score (nSPS) is 34.2. The van der Waals surface area contributed by atoms with Crippen LogP contribution in [0.4, 0.5) is 0 Å². The number of ether oxygens (including phenoxy) is 2. The Balaban J connectivity index is 0.000000561. The van der Waals surface area contributed by atoms with E-state index in [0.29, 0.717) is 0 Å². The Morgan fingerprint density at radius 3 is 2.33 bits per heavy atom. The molecule has 1 fully saturated rings. The Hall–Kier alpha value is -0.0800. The van der Waals surface area contributed by atoms with Crippen molar-refractivity contribution in [1.82, 2.24) is 0 Å². The fourth-order valence-electron chi connectivity index (χ4n) is 1.37. The van der Waals surface area contributed by atoms with Gasteiger partial charge in [0.1, 0.15) is 0 Å². The van der Waals surface area contributed by atoms with Gasteiger partial charge in [0.2, 0.25) is 0 Å². The topological polar surface area (TPSA) is 18.5 Å². The minimum absolute atomic E-state index is 0.275. The van der Waals surface area contributed by atoms with E-state index in [2.05, 4.69) is 6.92 Å². The van der Waals surface area contributed by atoms with Gasteiger partial charge in [-0.25, -0.2) is 0 Å². The lowest BCUT2D eigenvalue weighted by molar-refractivity contribution is -0.156. The zero-order valence-corrected chi connectivity index (χ0v) is 9.02. The first-order valence-corrected chi connectivity index (χ1v) is 4.98. The third-order valence-electron chi connectivity index (χ3n) is 1.78. The maximum Gasteiger partial charge on any atom is 0.166 e. The van der Waals surface area contributed by atoms with Gasteiger partial charge in [-0.3, -0.25) is 0 Å². The summed E-state index contributed by atoms with van der Waals surface area (Å²) in [7, 11) is 0. The van der Waals surface area contributed by atoms with E-state index < -0.39 is 0 Å². The zero-order valence-electron chi connectivity index (χ0n) is 9.02. The molecule has 2 atom stereocenters. The number of hydrogen-bond acceptors (Lipinski definition) is 2. The minimum atomic E-state index is -0.284. The molecular formula is C10H22O2. The van der Waals surface area contributed by atoms with Crippen LogP contribution in [-0.2, 0) is 9.47 Å². The molecule has 0 aromatic rings. The van der Waals surface area contributed by atoms with Crippen LogP contribution < -0.4 is 0 Å². The molecule has 0 bridgehead atoms. The van der Waals surface area contributed by atoms with Gasteiger partial charge in [-0.2, -0.15) is 0 Å². The van der Waals surface area contributed by atoms with Crippen LogP contribution in [0.2, 0.25) is 0 Å². The molecule has 0 saturated carbocycles. The molecule has 0 aromatic carbocycles. The second-order valence-corrected chi connectivity index (χ2v) is 3.12. The van der Waals surface area contributed by atoms with Gasteiger partial charge in [0.25, 0.3) is 0 Å². The van der Waals surface area contributed by atoms with Gasteiger partial charge in [0, 0.05) is 6.42 Å². The Bertz CT molecular complexity index is 110. The van der Waals surface area contributed by atoms with Crippen molar-refractivity contribution in [3.8, 4) is 0 Å². The lowest BCUT2D eigenvalue weighted by atomic mass is 10.2. The minimum Gasteiger partial charge on any atom is -0.348 e. The maximum atomic E-state index is 5.57. The van der Waals surface area contributed by atoms with Crippen LogP contribution in [0.3, 0.4) is 0 Å². The summed E-state index contributed by atoms with van der Waals surface area (Å²) in [5.41, 5.74) is 0. The van der Waals surface area contributed by atoms with Crippen molar-refractivity contribution in [3.05, 3.63) is 0 Å². The van der Waals surface area contributed by atoms with E-state index in [4.69, 9.17) is 9.47 Å². The highest BCUT2D eigenvalue weighted by atomic mass is 16.7. The molecule has 2 nitrogen and oxygen atoms in total. The Morgan fingerprint density at radius 2 is 2.00 bits per heavy atom. The lowest BCUT2D eigenvalue weighted by Gasteiger charge is -2.21. The van der Waals surface area contributed by atoms with E-state index in [-0.39, 0.29) is 11.9 Å². The van der Waals surface area contributed by atoms with E-state index >= 15 is 0 Å². The van der Waals surface area contributed by atoms with Crippen molar-refractivity contribution in [3.63, 3.8) is 0 Å². The molecule has 0 amide bonds. The van der Waals surface area contributed by atoms with E-state index in [0.717, 1.165) is 19.4 Å². The molecule has 1 rings (SSSR count). The first kappa shape index (κ1) is 11.9. The molecule has 12 heavy (non-hydrogen) atoms. The van der Waals surface area contributed by atoms with Gasteiger partial charge < -0.3 is 9.47 Å². The quantitative estimate of drug-likeness (QED) is 0.640. The number of hydrogen-bond donors (Lipinski definition) is 0. The molecule has 0 radical (unpaired) electrons. The van der Waals surface area contributed by atoms with Crippen molar-refractivity contribution in [2.45, 2.75) is 59.4 Å². The summed E-state index contributed by atoms with van der Waals surface area (Å²) in [4.78, 5) is 0. The zero-order chi connectivity index (χ0) is 9.61. The lowest BCUT2D eigenvalue weighted by Crippen LogP contribution is -2.25. The Kier molecular flexibility index (Phi) is 5.51. The highest BCUT2D eigenvalue weighted by Gasteiger charge is 2.33. The summed E-state index contributed by atoms with van der Waals surface area (Å²) >= 11 is 0. The van der Waals surface area contributed by atoms with Crippen LogP contribution in [0.25, 0.3) is 0 Å². The van der Waals surface area contributed by atoms with E-state index in [1.165, 1.54) is 0 Å². The predicted octanol–water partition coefficient (Wildman–Crippen LogP) is 2.96. The largest absolute Gasteiger partial charge is 0.348 e. The summed E-state index contributed by atoms with van der Waals surface area (Å²) in [6, 6.07) is 0. The van der Waals surface area contributed by atoms with Crippen LogP contribution in [-0.4, -0.2) is 18.5 Å². The molecule has 0 N–H and O–H groups in total. The monoisotopic (exact) mass is 174 g/mol. The first-order valence-electron chi connectivity index (χ1n) is 4.98. The van der Waals surface area contributed by atoms with Gasteiger partial charge in [0.15, 0.2) is 5.79 Å². The SMILES string of the molecule is CC.CCCC1(C)OCC(C)O1. The summed E-state index contributed by atoms with van der Waals surface area (Å²) in [5.74, 6) is -0.284. The highest BCUT2D eigenvalue weighted by molar-refractivity contribution is 4.71. The second kappa shape index (κ2) is 5.55. The fourth-order valence-corrected chi connectivity index (χ4v) is 1.37. The fraction of sp³-hybridized carbons (Fsp3) is 1.00. The van der Waals surface area contributed by atoms with Gasteiger partial charge in [-0.05, 0) is 13.8 Å². The summed E-state index contributed by atoms with van der Waals surface area (Å²) in [6.07, 6.45) is 2.39. The molecule has 2 unspecified atom stereocenters. The molecule has 0 spiro atoms. The molecule has 1 heterocycles. The number of rotatable bonds is 2. The van der Waals surface area contributed by atoms with Crippen LogP contribution in [0, 0.1) is 0 Å². The van der Waals surface area contributed by atoms with Gasteiger partial charge in [0.05, 0.1) is 12.7 Å². The highest BCUT2D eigenvalue weighted by Crippen LogP contribution is 2.27. The van der Waals surface area contributed by atoms with Crippen LogP contribution in [0.1, 0.15) is 47.5 Å². The van der Waals surface area contributed by atoms with Crippen LogP contribution in [0.5, 0.6) is 0 Å². The van der Waals surface area contributed by atoms with E-state index in [1.807, 2.05) is 27.7 Å². The molecule has 1 saturated heterocycles. The van der Waals surface area contributed by atoms with Crippen molar-refractivity contribution < 1.29 is 9.47 Å².